The summed E-state index contributed by atoms with van der Waals surface area (Å²) in [7, 11) is 0. The molecule has 0 rings (SSSR count). The Labute approximate surface area is 52.2 Å². The van der Waals surface area contributed by atoms with E-state index >= 15 is 0 Å². The lowest BCUT2D eigenvalue weighted by atomic mass is 10.3. The Morgan fingerprint density at radius 3 is 2.78 bits per heavy atom. The average molecular weight is 133 g/mol. The highest BCUT2D eigenvalue weighted by atomic mass is 19.1. The molecule has 0 aromatic heterocycles. The van der Waals surface area contributed by atoms with Crippen molar-refractivity contribution in [3.05, 3.63) is 11.9 Å². The fourth-order valence-electron chi connectivity index (χ4n) is 0.302. The van der Waals surface area contributed by atoms with Crippen molar-refractivity contribution in [2.45, 2.75) is 0 Å². The molecule has 0 aliphatic carbocycles. The van der Waals surface area contributed by atoms with Gasteiger partial charge in [-0.15, -0.1) is 0 Å². The topological polar surface area (TPSA) is 49.3 Å². The second kappa shape index (κ2) is 5.24. The smallest absolute Gasteiger partial charge is 0.207 e. The number of aliphatic hydroxyl groups excluding tert-OH is 1. The van der Waals surface area contributed by atoms with Crippen LogP contribution in [0.1, 0.15) is 0 Å². The molecule has 3 nitrogen and oxygen atoms in total. The molecule has 0 atom stereocenters. The van der Waals surface area contributed by atoms with E-state index in [2.05, 4.69) is 5.32 Å². The van der Waals surface area contributed by atoms with Gasteiger partial charge in [0.1, 0.15) is 0 Å². The van der Waals surface area contributed by atoms with Gasteiger partial charge in [-0.2, -0.15) is 0 Å². The van der Waals surface area contributed by atoms with Crippen LogP contribution in [0, 0.1) is 0 Å². The van der Waals surface area contributed by atoms with Crippen molar-refractivity contribution in [3.8, 4) is 0 Å². The Balaban J connectivity index is 3.44. The van der Waals surface area contributed by atoms with Crippen molar-refractivity contribution < 1.29 is 14.3 Å². The van der Waals surface area contributed by atoms with Crippen LogP contribution >= 0.6 is 0 Å². The van der Waals surface area contributed by atoms with Gasteiger partial charge in [-0.05, 0) is 0 Å². The van der Waals surface area contributed by atoms with Crippen molar-refractivity contribution in [1.29, 1.82) is 0 Å². The summed E-state index contributed by atoms with van der Waals surface area (Å²) in [6.45, 7) is -0.298. The summed E-state index contributed by atoms with van der Waals surface area (Å²) < 4.78 is 11.5. The van der Waals surface area contributed by atoms with Gasteiger partial charge in [-0.1, -0.05) is 0 Å². The minimum Gasteiger partial charge on any atom is -0.392 e. The quantitative estimate of drug-likeness (QED) is 0.511. The van der Waals surface area contributed by atoms with Gasteiger partial charge in [0, 0.05) is 12.1 Å². The Bertz CT molecular complexity index is 114. The van der Waals surface area contributed by atoms with Gasteiger partial charge >= 0.3 is 0 Å². The van der Waals surface area contributed by atoms with Crippen LogP contribution in [0.4, 0.5) is 4.39 Å². The molecular formula is C5H8FNO2. The number of aliphatic hydroxyl groups is 1. The maximum atomic E-state index is 11.5. The predicted molar refractivity (Wildman–Crippen MR) is 30.3 cm³/mol. The minimum absolute atomic E-state index is 0.0660. The van der Waals surface area contributed by atoms with E-state index in [0.717, 1.165) is 0 Å². The molecular weight excluding hydrogens is 125 g/mol. The summed E-state index contributed by atoms with van der Waals surface area (Å²) in [4.78, 5) is 9.60. The second-order valence-electron chi connectivity index (χ2n) is 1.42. The first-order valence-corrected chi connectivity index (χ1v) is 2.41. The van der Waals surface area contributed by atoms with E-state index in [1.165, 1.54) is 0 Å². The second-order valence-corrected chi connectivity index (χ2v) is 1.42. The molecule has 0 aromatic rings. The Morgan fingerprint density at radius 2 is 2.44 bits per heavy atom. The lowest BCUT2D eigenvalue weighted by Crippen LogP contribution is -2.15. The van der Waals surface area contributed by atoms with Gasteiger partial charge in [-0.25, -0.2) is 4.39 Å². The van der Waals surface area contributed by atoms with Crippen molar-refractivity contribution in [2.75, 3.05) is 13.2 Å². The molecule has 0 spiro atoms. The highest BCUT2D eigenvalue weighted by Gasteiger charge is 1.91. The molecule has 2 N–H and O–H groups in total. The van der Waals surface area contributed by atoms with Gasteiger partial charge in [0.15, 0.2) is 0 Å². The van der Waals surface area contributed by atoms with Gasteiger partial charge in [0.2, 0.25) is 6.41 Å². The van der Waals surface area contributed by atoms with E-state index in [-0.39, 0.29) is 25.1 Å². The highest BCUT2D eigenvalue weighted by molar-refractivity contribution is 5.46. The summed E-state index contributed by atoms with van der Waals surface area (Å²) in [5, 5.41) is 10.5. The number of halogens is 1. The summed E-state index contributed by atoms with van der Waals surface area (Å²) in [5.41, 5.74) is 0.155. The summed E-state index contributed by atoms with van der Waals surface area (Å²) in [5.74, 6) is 0. The molecule has 0 aliphatic rings. The highest BCUT2D eigenvalue weighted by Crippen LogP contribution is 1.88. The van der Waals surface area contributed by atoms with Crippen molar-refractivity contribution in [1.82, 2.24) is 5.32 Å². The first kappa shape index (κ1) is 8.10. The van der Waals surface area contributed by atoms with Crippen molar-refractivity contribution in [2.24, 2.45) is 0 Å². The molecule has 0 saturated carbocycles. The zero-order valence-corrected chi connectivity index (χ0v) is 4.80. The normalized spacial score (nSPS) is 11.1. The molecule has 0 bridgehead atoms. The van der Waals surface area contributed by atoms with Crippen LogP contribution in [0.25, 0.3) is 0 Å². The number of hydrogen-bond donors (Lipinski definition) is 2. The third-order valence-corrected chi connectivity index (χ3v) is 0.770. The molecule has 0 unspecified atom stereocenters. The molecule has 0 heterocycles. The number of nitrogens with one attached hydrogen (secondary N) is 1. The predicted octanol–water partition coefficient (Wildman–Crippen LogP) is -0.422. The van der Waals surface area contributed by atoms with E-state index in [4.69, 9.17) is 5.11 Å². The zero-order valence-electron chi connectivity index (χ0n) is 4.80. The molecule has 9 heavy (non-hydrogen) atoms. The minimum atomic E-state index is -0.364. The molecule has 4 heteroatoms. The van der Waals surface area contributed by atoms with E-state index in [1.807, 2.05) is 0 Å². The number of rotatable bonds is 4. The third-order valence-electron chi connectivity index (χ3n) is 0.770. The van der Waals surface area contributed by atoms with E-state index in [1.54, 1.807) is 0 Å². The maximum Gasteiger partial charge on any atom is 0.207 e. The Hall–Kier alpha value is -0.900. The molecule has 0 fully saturated rings. The molecule has 0 saturated heterocycles. The lowest BCUT2D eigenvalue weighted by Gasteiger charge is -1.97. The molecule has 0 aromatic carbocycles. The maximum absolute atomic E-state index is 11.5. The van der Waals surface area contributed by atoms with Gasteiger partial charge in [0.05, 0.1) is 12.9 Å². The van der Waals surface area contributed by atoms with Crippen LogP contribution in [0.3, 0.4) is 0 Å². The monoisotopic (exact) mass is 133 g/mol. The largest absolute Gasteiger partial charge is 0.392 e. The summed E-state index contributed by atoms with van der Waals surface area (Å²) in [6, 6.07) is 0. The van der Waals surface area contributed by atoms with Crippen LogP contribution in [0.2, 0.25) is 0 Å². The van der Waals surface area contributed by atoms with Crippen LogP contribution in [-0.4, -0.2) is 24.7 Å². The SMILES string of the molecule is O=CNC/C(=C\F)CO. The summed E-state index contributed by atoms with van der Waals surface area (Å²) >= 11 is 0. The first-order chi connectivity index (χ1) is 4.35. The van der Waals surface area contributed by atoms with Crippen LogP contribution in [-0.2, 0) is 4.79 Å². The third kappa shape index (κ3) is 3.66. The van der Waals surface area contributed by atoms with Crippen LogP contribution in [0.5, 0.6) is 0 Å². The van der Waals surface area contributed by atoms with Gasteiger partial charge < -0.3 is 10.4 Å². The molecule has 0 aliphatic heterocycles. The first-order valence-electron chi connectivity index (χ1n) is 2.41. The Morgan fingerprint density at radius 1 is 1.78 bits per heavy atom. The van der Waals surface area contributed by atoms with Gasteiger partial charge in [-0.3, -0.25) is 4.79 Å². The van der Waals surface area contributed by atoms with Crippen molar-refractivity contribution in [3.63, 3.8) is 0 Å². The van der Waals surface area contributed by atoms with Crippen molar-refractivity contribution >= 4 is 6.41 Å². The lowest BCUT2D eigenvalue weighted by molar-refractivity contribution is -0.109. The number of amides is 1. The van der Waals surface area contributed by atoms with E-state index in [9.17, 15) is 9.18 Å². The van der Waals surface area contributed by atoms with Crippen LogP contribution in [0.15, 0.2) is 11.9 Å². The summed E-state index contributed by atoms with van der Waals surface area (Å²) in [6.07, 6.45) is 0.718. The average Bonchev–Trinajstić information content (AvgIpc) is 1.91. The fourth-order valence-corrected chi connectivity index (χ4v) is 0.302. The Kier molecular flexibility index (Phi) is 4.72. The number of carbonyl (C=O) groups excluding carboxylic acids is 1. The standard InChI is InChI=1S/C5H8FNO2/c6-1-5(3-8)2-7-4-9/h1,4,8H,2-3H2,(H,7,9)/b5-1+. The molecule has 52 valence electrons. The molecule has 1 amide bonds. The fraction of sp³-hybridized carbons (Fsp3) is 0.400. The number of carbonyl (C=O) groups is 1. The zero-order chi connectivity index (χ0) is 7.11. The van der Waals surface area contributed by atoms with Crippen LogP contribution < -0.4 is 5.32 Å². The molecule has 0 radical (unpaired) electrons. The van der Waals surface area contributed by atoms with Gasteiger partial charge in [0.25, 0.3) is 0 Å². The van der Waals surface area contributed by atoms with E-state index in [0.29, 0.717) is 6.41 Å². The number of hydrogen-bond acceptors (Lipinski definition) is 2. The van der Waals surface area contributed by atoms with E-state index < -0.39 is 0 Å².